The zero-order chi connectivity index (χ0) is 21.1. The van der Waals surface area contributed by atoms with Crippen molar-refractivity contribution in [1.82, 2.24) is 10.2 Å². The number of amides is 2. The van der Waals surface area contributed by atoms with Crippen molar-refractivity contribution in [2.75, 3.05) is 7.05 Å². The van der Waals surface area contributed by atoms with Gasteiger partial charge in [0.25, 0.3) is 5.91 Å². The van der Waals surface area contributed by atoms with E-state index in [1.54, 1.807) is 26.1 Å². The van der Waals surface area contributed by atoms with E-state index in [0.29, 0.717) is 11.1 Å². The number of halogens is 2. The molecule has 1 N–H and O–H groups in total. The van der Waals surface area contributed by atoms with Gasteiger partial charge in [-0.25, -0.2) is 8.78 Å². The van der Waals surface area contributed by atoms with Crippen molar-refractivity contribution < 1.29 is 18.4 Å². The average Bonchev–Trinajstić information content (AvgIpc) is 2.63. The van der Waals surface area contributed by atoms with E-state index in [9.17, 15) is 18.4 Å². The molecule has 0 spiro atoms. The van der Waals surface area contributed by atoms with Crippen LogP contribution in [-0.2, 0) is 16.8 Å². The van der Waals surface area contributed by atoms with Gasteiger partial charge >= 0.3 is 0 Å². The Labute approximate surface area is 164 Å². The molecule has 6 heteroatoms. The number of carbonyl (C=O) groups excluding carboxylic acids is 2. The lowest BCUT2D eigenvalue weighted by Crippen LogP contribution is -2.45. The lowest BCUT2D eigenvalue weighted by molar-refractivity contribution is -0.132. The lowest BCUT2D eigenvalue weighted by Gasteiger charge is -2.23. The molecule has 0 aliphatic carbocycles. The van der Waals surface area contributed by atoms with Gasteiger partial charge in [0.05, 0.1) is 0 Å². The van der Waals surface area contributed by atoms with Crippen LogP contribution < -0.4 is 5.32 Å². The number of nitrogens with one attached hydrogen (secondary N) is 1. The first-order valence-electron chi connectivity index (χ1n) is 9.09. The van der Waals surface area contributed by atoms with E-state index in [0.717, 1.165) is 17.7 Å². The number of rotatable bonds is 5. The van der Waals surface area contributed by atoms with Gasteiger partial charge < -0.3 is 10.2 Å². The molecule has 4 nitrogen and oxygen atoms in total. The summed E-state index contributed by atoms with van der Waals surface area (Å²) in [6.07, 6.45) is 0. The molecule has 0 saturated heterocycles. The molecular weight excluding hydrogens is 362 g/mol. The molecule has 2 rings (SSSR count). The van der Waals surface area contributed by atoms with Crippen molar-refractivity contribution in [1.29, 1.82) is 0 Å². The van der Waals surface area contributed by atoms with Gasteiger partial charge in [-0.2, -0.15) is 0 Å². The van der Waals surface area contributed by atoms with Crippen molar-refractivity contribution in [3.8, 4) is 0 Å². The van der Waals surface area contributed by atoms with Crippen LogP contribution in [0.15, 0.2) is 42.5 Å². The van der Waals surface area contributed by atoms with Gasteiger partial charge in [-0.3, -0.25) is 9.59 Å². The summed E-state index contributed by atoms with van der Waals surface area (Å²) in [4.78, 5) is 26.3. The summed E-state index contributed by atoms with van der Waals surface area (Å²) in [6.45, 7) is 7.96. The van der Waals surface area contributed by atoms with E-state index in [4.69, 9.17) is 0 Å². The predicted octanol–water partition coefficient (Wildman–Crippen LogP) is 4.04. The Bertz CT molecular complexity index is 858. The maximum absolute atomic E-state index is 13.3. The second kappa shape index (κ2) is 8.50. The lowest BCUT2D eigenvalue weighted by atomic mass is 9.86. The molecule has 0 aliphatic heterocycles. The molecule has 0 heterocycles. The van der Waals surface area contributed by atoms with Gasteiger partial charge in [-0.15, -0.1) is 0 Å². The van der Waals surface area contributed by atoms with Gasteiger partial charge in [0.15, 0.2) is 11.6 Å². The molecule has 0 bridgehead atoms. The SMILES string of the molecule is CC(NC(=O)c1ccc(C(C)(C)C)cc1)C(=O)N(C)Cc1ccc(F)c(F)c1. The Morgan fingerprint density at radius 1 is 1.04 bits per heavy atom. The monoisotopic (exact) mass is 388 g/mol. The summed E-state index contributed by atoms with van der Waals surface area (Å²) >= 11 is 0. The second-order valence-corrected chi connectivity index (χ2v) is 7.97. The first kappa shape index (κ1) is 21.5. The van der Waals surface area contributed by atoms with E-state index in [-0.39, 0.29) is 23.8 Å². The van der Waals surface area contributed by atoms with Crippen LogP contribution in [0.1, 0.15) is 49.2 Å². The quantitative estimate of drug-likeness (QED) is 0.840. The molecular formula is C22H26F2N2O2. The summed E-state index contributed by atoms with van der Waals surface area (Å²) in [7, 11) is 1.55. The highest BCUT2D eigenvalue weighted by atomic mass is 19.2. The van der Waals surface area contributed by atoms with E-state index in [1.807, 2.05) is 12.1 Å². The summed E-state index contributed by atoms with van der Waals surface area (Å²) in [6, 6.07) is 10.0. The zero-order valence-corrected chi connectivity index (χ0v) is 16.8. The second-order valence-electron chi connectivity index (χ2n) is 7.97. The van der Waals surface area contributed by atoms with E-state index >= 15 is 0 Å². The Hall–Kier alpha value is -2.76. The maximum Gasteiger partial charge on any atom is 0.251 e. The third-order valence-corrected chi connectivity index (χ3v) is 4.51. The molecule has 0 saturated carbocycles. The van der Waals surface area contributed by atoms with E-state index in [2.05, 4.69) is 26.1 Å². The van der Waals surface area contributed by atoms with Crippen molar-refractivity contribution in [3.05, 3.63) is 70.8 Å². The first-order chi connectivity index (χ1) is 13.0. The molecule has 0 radical (unpaired) electrons. The minimum absolute atomic E-state index is 0.0131. The van der Waals surface area contributed by atoms with Gasteiger partial charge in [-0.05, 0) is 47.7 Å². The summed E-state index contributed by atoms with van der Waals surface area (Å²) in [5.74, 6) is -2.57. The zero-order valence-electron chi connectivity index (χ0n) is 16.8. The molecule has 0 aromatic heterocycles. The van der Waals surface area contributed by atoms with Gasteiger partial charge in [-0.1, -0.05) is 39.0 Å². The molecule has 1 atom stereocenters. The smallest absolute Gasteiger partial charge is 0.251 e. The highest BCUT2D eigenvalue weighted by Crippen LogP contribution is 2.22. The van der Waals surface area contributed by atoms with Crippen molar-refractivity contribution >= 4 is 11.8 Å². The summed E-state index contributed by atoms with van der Waals surface area (Å²) in [5.41, 5.74) is 2.03. The van der Waals surface area contributed by atoms with Crippen LogP contribution in [0.3, 0.4) is 0 Å². The summed E-state index contributed by atoms with van der Waals surface area (Å²) in [5, 5.41) is 2.68. The van der Waals surface area contributed by atoms with Crippen LogP contribution in [0.4, 0.5) is 8.78 Å². The maximum atomic E-state index is 13.3. The number of likely N-dealkylation sites (N-methyl/N-ethyl adjacent to an activating group) is 1. The molecule has 150 valence electrons. The fraction of sp³-hybridized carbons (Fsp3) is 0.364. The Morgan fingerprint density at radius 2 is 1.64 bits per heavy atom. The minimum Gasteiger partial charge on any atom is -0.341 e. The highest BCUT2D eigenvalue weighted by molar-refractivity contribution is 5.97. The third-order valence-electron chi connectivity index (χ3n) is 4.51. The number of hydrogen-bond donors (Lipinski definition) is 1. The normalized spacial score (nSPS) is 12.4. The number of benzene rings is 2. The van der Waals surface area contributed by atoms with Crippen molar-refractivity contribution in [3.63, 3.8) is 0 Å². The molecule has 0 aliphatic rings. The molecule has 2 amide bonds. The molecule has 0 fully saturated rings. The number of nitrogens with zero attached hydrogens (tertiary/aromatic N) is 1. The van der Waals surface area contributed by atoms with Crippen LogP contribution in [-0.4, -0.2) is 29.8 Å². The minimum atomic E-state index is -0.960. The van der Waals surface area contributed by atoms with Crippen LogP contribution >= 0.6 is 0 Å². The van der Waals surface area contributed by atoms with Crippen LogP contribution in [0.5, 0.6) is 0 Å². The van der Waals surface area contributed by atoms with Crippen LogP contribution in [0, 0.1) is 11.6 Å². The fourth-order valence-electron chi connectivity index (χ4n) is 2.78. The first-order valence-corrected chi connectivity index (χ1v) is 9.09. The van der Waals surface area contributed by atoms with Crippen LogP contribution in [0.25, 0.3) is 0 Å². The molecule has 28 heavy (non-hydrogen) atoms. The largest absolute Gasteiger partial charge is 0.341 e. The molecule has 1 unspecified atom stereocenters. The topological polar surface area (TPSA) is 49.4 Å². The van der Waals surface area contributed by atoms with Crippen molar-refractivity contribution in [2.24, 2.45) is 0 Å². The molecule has 2 aromatic rings. The van der Waals surface area contributed by atoms with Gasteiger partial charge in [0, 0.05) is 19.2 Å². The Balaban J connectivity index is 1.98. The number of hydrogen-bond acceptors (Lipinski definition) is 2. The Morgan fingerprint density at radius 3 is 2.18 bits per heavy atom. The van der Waals surface area contributed by atoms with Crippen LogP contribution in [0.2, 0.25) is 0 Å². The third kappa shape index (κ3) is 5.38. The van der Waals surface area contributed by atoms with E-state index < -0.39 is 17.7 Å². The van der Waals surface area contributed by atoms with E-state index in [1.165, 1.54) is 11.0 Å². The highest BCUT2D eigenvalue weighted by Gasteiger charge is 2.21. The fourth-order valence-corrected chi connectivity index (χ4v) is 2.78. The standard InChI is InChI=1S/C22H26F2N2O2/c1-14(21(28)26(5)13-15-6-11-18(23)19(24)12-15)25-20(27)16-7-9-17(10-8-16)22(2,3)4/h6-12,14H,13H2,1-5H3,(H,25,27). The Kier molecular flexibility index (Phi) is 6.54. The van der Waals surface area contributed by atoms with Gasteiger partial charge in [0.2, 0.25) is 5.91 Å². The van der Waals surface area contributed by atoms with Gasteiger partial charge in [0.1, 0.15) is 6.04 Å². The van der Waals surface area contributed by atoms with Crippen molar-refractivity contribution in [2.45, 2.75) is 45.7 Å². The molecule has 2 aromatic carbocycles. The summed E-state index contributed by atoms with van der Waals surface area (Å²) < 4.78 is 26.3. The average molecular weight is 388 g/mol. The number of carbonyl (C=O) groups is 2. The predicted molar refractivity (Wildman–Crippen MR) is 105 cm³/mol.